The number of nitrogens with zero attached hydrogens (tertiary/aromatic N) is 2. The number of nitrogens with two attached hydrogens (primary N) is 1. The summed E-state index contributed by atoms with van der Waals surface area (Å²) in [7, 11) is 0. The van der Waals surface area contributed by atoms with Crippen LogP contribution in [0.1, 0.15) is 16.1 Å². The van der Waals surface area contributed by atoms with Gasteiger partial charge in [-0.1, -0.05) is 22.8 Å². The largest absolute Gasteiger partial charge is 0.409 e. The number of rotatable bonds is 3. The van der Waals surface area contributed by atoms with E-state index >= 15 is 0 Å². The monoisotopic (exact) mass is 290 g/mol. The molecule has 20 heavy (non-hydrogen) atoms. The Hall–Kier alpha value is -2.60. The first kappa shape index (κ1) is 13.8. The van der Waals surface area contributed by atoms with Gasteiger partial charge >= 0.3 is 0 Å². The van der Waals surface area contributed by atoms with Gasteiger partial charge in [-0.15, -0.1) is 0 Å². The van der Waals surface area contributed by atoms with Gasteiger partial charge < -0.3 is 16.3 Å². The summed E-state index contributed by atoms with van der Waals surface area (Å²) < 4.78 is 0. The van der Waals surface area contributed by atoms with E-state index in [2.05, 4.69) is 15.5 Å². The predicted molar refractivity (Wildman–Crippen MR) is 76.2 cm³/mol. The fraction of sp³-hybridized carbons (Fsp3) is 0. The average Bonchev–Trinajstić information content (AvgIpc) is 2.47. The highest BCUT2D eigenvalue weighted by molar-refractivity contribution is 6.34. The van der Waals surface area contributed by atoms with Crippen LogP contribution in [0.15, 0.2) is 47.8 Å². The van der Waals surface area contributed by atoms with Crippen molar-refractivity contribution < 1.29 is 10.0 Å². The van der Waals surface area contributed by atoms with Crippen molar-refractivity contribution in [3.63, 3.8) is 0 Å². The van der Waals surface area contributed by atoms with Crippen molar-refractivity contribution >= 4 is 29.0 Å². The van der Waals surface area contributed by atoms with Crippen LogP contribution in [0.4, 0.5) is 5.69 Å². The molecule has 102 valence electrons. The van der Waals surface area contributed by atoms with Crippen LogP contribution in [-0.4, -0.2) is 21.9 Å². The van der Waals surface area contributed by atoms with E-state index in [0.29, 0.717) is 16.9 Å². The number of amides is 1. The number of pyridine rings is 1. The number of hydrogen-bond acceptors (Lipinski definition) is 4. The average molecular weight is 291 g/mol. The van der Waals surface area contributed by atoms with Crippen molar-refractivity contribution in [2.45, 2.75) is 0 Å². The lowest BCUT2D eigenvalue weighted by molar-refractivity contribution is 0.102. The summed E-state index contributed by atoms with van der Waals surface area (Å²) in [6.07, 6.45) is 1.53. The number of halogens is 1. The van der Waals surface area contributed by atoms with Gasteiger partial charge in [0.05, 0.1) is 5.02 Å². The van der Waals surface area contributed by atoms with Gasteiger partial charge in [0.15, 0.2) is 5.84 Å². The fourth-order valence-electron chi connectivity index (χ4n) is 1.55. The van der Waals surface area contributed by atoms with Gasteiger partial charge in [0.1, 0.15) is 5.69 Å². The summed E-state index contributed by atoms with van der Waals surface area (Å²) in [6.45, 7) is 0. The molecule has 0 bridgehead atoms. The number of aromatic nitrogens is 1. The van der Waals surface area contributed by atoms with Gasteiger partial charge in [-0.2, -0.15) is 0 Å². The molecule has 0 aliphatic rings. The van der Waals surface area contributed by atoms with Gasteiger partial charge in [0.25, 0.3) is 5.91 Å². The van der Waals surface area contributed by atoms with Crippen molar-refractivity contribution in [2.24, 2.45) is 10.9 Å². The fourth-order valence-corrected chi connectivity index (χ4v) is 1.82. The van der Waals surface area contributed by atoms with Crippen molar-refractivity contribution in [1.29, 1.82) is 0 Å². The zero-order valence-electron chi connectivity index (χ0n) is 10.2. The second kappa shape index (κ2) is 6.03. The number of oxime groups is 1. The molecule has 0 aliphatic carbocycles. The molecule has 0 saturated carbocycles. The quantitative estimate of drug-likeness (QED) is 0.349. The van der Waals surface area contributed by atoms with Crippen LogP contribution in [0.5, 0.6) is 0 Å². The molecule has 0 spiro atoms. The van der Waals surface area contributed by atoms with Crippen LogP contribution in [0.25, 0.3) is 0 Å². The van der Waals surface area contributed by atoms with Crippen LogP contribution in [0, 0.1) is 0 Å². The van der Waals surface area contributed by atoms with Crippen LogP contribution < -0.4 is 11.1 Å². The highest BCUT2D eigenvalue weighted by Crippen LogP contribution is 2.21. The molecule has 0 aliphatic heterocycles. The molecule has 1 aromatic carbocycles. The maximum atomic E-state index is 11.9. The van der Waals surface area contributed by atoms with E-state index in [1.54, 1.807) is 30.3 Å². The molecule has 0 fully saturated rings. The van der Waals surface area contributed by atoms with Crippen LogP contribution in [0.2, 0.25) is 5.02 Å². The lowest BCUT2D eigenvalue weighted by atomic mass is 10.2. The molecule has 0 atom stereocenters. The third-order valence-corrected chi connectivity index (χ3v) is 2.82. The Morgan fingerprint density at radius 3 is 2.75 bits per heavy atom. The Bertz CT molecular complexity index is 659. The molecule has 2 rings (SSSR count). The first-order valence-electron chi connectivity index (χ1n) is 5.61. The molecule has 6 nitrogen and oxygen atoms in total. The van der Waals surface area contributed by atoms with Gasteiger partial charge in [-0.05, 0) is 30.3 Å². The minimum absolute atomic E-state index is 0.0994. The number of nitrogens with one attached hydrogen (secondary N) is 1. The molecule has 1 heterocycles. The predicted octanol–water partition coefficient (Wildman–Crippen LogP) is 2.08. The van der Waals surface area contributed by atoms with Gasteiger partial charge in [0.2, 0.25) is 0 Å². The minimum atomic E-state index is -0.349. The maximum Gasteiger partial charge on any atom is 0.274 e. The lowest BCUT2D eigenvalue weighted by Crippen LogP contribution is -2.15. The topological polar surface area (TPSA) is 101 Å². The third kappa shape index (κ3) is 3.04. The van der Waals surface area contributed by atoms with Crippen molar-refractivity contribution in [2.75, 3.05) is 5.32 Å². The Balaban J connectivity index is 2.19. The molecular formula is C13H11ClN4O2. The van der Waals surface area contributed by atoms with E-state index < -0.39 is 0 Å². The molecule has 0 saturated heterocycles. The minimum Gasteiger partial charge on any atom is -0.409 e. The number of anilines is 1. The molecule has 7 heteroatoms. The first-order chi connectivity index (χ1) is 9.61. The van der Waals surface area contributed by atoms with Crippen LogP contribution in [-0.2, 0) is 0 Å². The summed E-state index contributed by atoms with van der Waals surface area (Å²) in [6, 6.07) is 9.69. The number of carbonyl (C=O) groups is 1. The zero-order valence-corrected chi connectivity index (χ0v) is 11.0. The number of amidine groups is 1. The van der Waals surface area contributed by atoms with E-state index in [4.69, 9.17) is 22.5 Å². The smallest absolute Gasteiger partial charge is 0.274 e. The zero-order chi connectivity index (χ0) is 14.5. The Morgan fingerprint density at radius 2 is 2.15 bits per heavy atom. The van der Waals surface area contributed by atoms with E-state index in [1.165, 1.54) is 12.3 Å². The number of carbonyl (C=O) groups excluding carboxylic acids is 1. The maximum absolute atomic E-state index is 11.9. The molecule has 1 amide bonds. The molecule has 2 aromatic rings. The third-order valence-electron chi connectivity index (χ3n) is 2.51. The van der Waals surface area contributed by atoms with Gasteiger partial charge in [0, 0.05) is 17.4 Å². The van der Waals surface area contributed by atoms with Crippen molar-refractivity contribution in [3.8, 4) is 0 Å². The molecular weight excluding hydrogens is 280 g/mol. The van der Waals surface area contributed by atoms with Crippen LogP contribution in [0.3, 0.4) is 0 Å². The summed E-state index contributed by atoms with van der Waals surface area (Å²) in [5, 5.41) is 14.4. The van der Waals surface area contributed by atoms with E-state index in [1.807, 2.05) is 0 Å². The second-order valence-corrected chi connectivity index (χ2v) is 4.26. The Kier molecular flexibility index (Phi) is 4.17. The summed E-state index contributed by atoms with van der Waals surface area (Å²) in [5.41, 5.74) is 6.62. The summed E-state index contributed by atoms with van der Waals surface area (Å²) in [4.78, 5) is 15.8. The Morgan fingerprint density at radius 1 is 1.35 bits per heavy atom. The first-order valence-corrected chi connectivity index (χ1v) is 5.99. The summed E-state index contributed by atoms with van der Waals surface area (Å²) in [5.74, 6) is -0.448. The molecule has 4 N–H and O–H groups in total. The number of hydrogen-bond donors (Lipinski definition) is 3. The SMILES string of the molecule is N/C(=N\O)c1ccc(NC(=O)c2ccccn2)cc1Cl. The molecule has 1 aromatic heterocycles. The van der Waals surface area contributed by atoms with E-state index in [-0.39, 0.29) is 16.8 Å². The second-order valence-electron chi connectivity index (χ2n) is 3.85. The van der Waals surface area contributed by atoms with Crippen LogP contribution >= 0.6 is 11.6 Å². The van der Waals surface area contributed by atoms with E-state index in [0.717, 1.165) is 0 Å². The highest BCUT2D eigenvalue weighted by Gasteiger charge is 2.10. The lowest BCUT2D eigenvalue weighted by Gasteiger charge is -2.07. The van der Waals surface area contributed by atoms with Crippen molar-refractivity contribution in [1.82, 2.24) is 4.98 Å². The van der Waals surface area contributed by atoms with Gasteiger partial charge in [-0.25, -0.2) is 0 Å². The Labute approximate surface area is 119 Å². The molecule has 0 radical (unpaired) electrons. The standard InChI is InChI=1S/C13H11ClN4O2/c14-10-7-8(4-5-9(10)12(15)18-20)17-13(19)11-3-1-2-6-16-11/h1-7,20H,(H2,15,18)(H,17,19). The highest BCUT2D eigenvalue weighted by atomic mass is 35.5. The number of benzene rings is 1. The molecule has 0 unspecified atom stereocenters. The van der Waals surface area contributed by atoms with Crippen molar-refractivity contribution in [3.05, 3.63) is 58.9 Å². The van der Waals surface area contributed by atoms with E-state index in [9.17, 15) is 4.79 Å². The van der Waals surface area contributed by atoms with Gasteiger partial charge in [-0.3, -0.25) is 9.78 Å². The normalized spacial score (nSPS) is 11.2. The summed E-state index contributed by atoms with van der Waals surface area (Å²) >= 11 is 5.99.